The SMILES string of the molecule is Cc1ccccc1C1CC(Nc2cccnc2Br)C1. The molecule has 1 saturated carbocycles. The van der Waals surface area contributed by atoms with Crippen LogP contribution in [0.1, 0.15) is 29.9 Å². The molecule has 0 unspecified atom stereocenters. The first-order chi connectivity index (χ1) is 9.24. The largest absolute Gasteiger partial charge is 0.380 e. The van der Waals surface area contributed by atoms with Crippen LogP contribution in [0, 0.1) is 6.92 Å². The van der Waals surface area contributed by atoms with Crippen LogP contribution in [0.3, 0.4) is 0 Å². The number of aryl methyl sites for hydroxylation is 1. The van der Waals surface area contributed by atoms with Gasteiger partial charge in [0.25, 0.3) is 0 Å². The highest BCUT2D eigenvalue weighted by molar-refractivity contribution is 9.10. The van der Waals surface area contributed by atoms with Crippen molar-refractivity contribution in [2.24, 2.45) is 0 Å². The summed E-state index contributed by atoms with van der Waals surface area (Å²) < 4.78 is 0.898. The number of rotatable bonds is 3. The first kappa shape index (κ1) is 12.7. The molecule has 1 aliphatic rings. The van der Waals surface area contributed by atoms with Gasteiger partial charge < -0.3 is 5.32 Å². The number of aromatic nitrogens is 1. The predicted octanol–water partition coefficient (Wildman–Crippen LogP) is 4.51. The van der Waals surface area contributed by atoms with Gasteiger partial charge in [-0.25, -0.2) is 4.98 Å². The molecular weight excluding hydrogens is 300 g/mol. The van der Waals surface area contributed by atoms with E-state index < -0.39 is 0 Å². The lowest BCUT2D eigenvalue weighted by Gasteiger charge is -2.37. The molecule has 1 aromatic carbocycles. The summed E-state index contributed by atoms with van der Waals surface area (Å²) in [5.74, 6) is 0.703. The van der Waals surface area contributed by atoms with Gasteiger partial charge in [-0.05, 0) is 64.9 Å². The van der Waals surface area contributed by atoms with Crippen molar-refractivity contribution in [3.8, 4) is 0 Å². The molecule has 1 heterocycles. The fourth-order valence-electron chi connectivity index (χ4n) is 2.75. The molecule has 1 aliphatic carbocycles. The summed E-state index contributed by atoms with van der Waals surface area (Å²) >= 11 is 3.48. The van der Waals surface area contributed by atoms with Crippen LogP contribution in [-0.2, 0) is 0 Å². The van der Waals surface area contributed by atoms with Gasteiger partial charge in [0.15, 0.2) is 0 Å². The second-order valence-corrected chi connectivity index (χ2v) is 5.96. The molecular formula is C16H17BrN2. The minimum Gasteiger partial charge on any atom is -0.380 e. The zero-order valence-electron chi connectivity index (χ0n) is 10.9. The first-order valence-electron chi connectivity index (χ1n) is 6.66. The summed E-state index contributed by atoms with van der Waals surface area (Å²) in [5, 5.41) is 3.56. The number of hydrogen-bond donors (Lipinski definition) is 1. The zero-order valence-corrected chi connectivity index (χ0v) is 12.5. The summed E-state index contributed by atoms with van der Waals surface area (Å²) in [6.07, 6.45) is 4.20. The van der Waals surface area contributed by atoms with Crippen molar-refractivity contribution in [1.29, 1.82) is 0 Å². The molecule has 3 heteroatoms. The van der Waals surface area contributed by atoms with Crippen LogP contribution in [0.2, 0.25) is 0 Å². The van der Waals surface area contributed by atoms with Gasteiger partial charge in [0.1, 0.15) is 4.60 Å². The topological polar surface area (TPSA) is 24.9 Å². The fourth-order valence-corrected chi connectivity index (χ4v) is 3.11. The van der Waals surface area contributed by atoms with Gasteiger partial charge >= 0.3 is 0 Å². The molecule has 3 rings (SSSR count). The normalized spacial score (nSPS) is 21.8. The Hall–Kier alpha value is -1.35. The van der Waals surface area contributed by atoms with Crippen LogP contribution in [0.25, 0.3) is 0 Å². The van der Waals surface area contributed by atoms with Crippen molar-refractivity contribution in [2.75, 3.05) is 5.32 Å². The molecule has 0 amide bonds. The number of nitrogens with one attached hydrogen (secondary N) is 1. The second-order valence-electron chi connectivity index (χ2n) is 5.21. The Kier molecular flexibility index (Phi) is 3.56. The first-order valence-corrected chi connectivity index (χ1v) is 7.46. The van der Waals surface area contributed by atoms with Crippen molar-refractivity contribution in [2.45, 2.75) is 31.7 Å². The minimum absolute atomic E-state index is 0.560. The predicted molar refractivity (Wildman–Crippen MR) is 82.5 cm³/mol. The van der Waals surface area contributed by atoms with E-state index in [0.717, 1.165) is 10.3 Å². The molecule has 0 atom stereocenters. The average molecular weight is 317 g/mol. The van der Waals surface area contributed by atoms with Gasteiger partial charge in [-0.15, -0.1) is 0 Å². The molecule has 98 valence electrons. The molecule has 0 aliphatic heterocycles. The molecule has 1 aromatic heterocycles. The third-order valence-electron chi connectivity index (χ3n) is 3.89. The van der Waals surface area contributed by atoms with Gasteiger partial charge in [-0.1, -0.05) is 24.3 Å². The Morgan fingerprint density at radius 2 is 1.95 bits per heavy atom. The molecule has 0 saturated heterocycles. The molecule has 0 spiro atoms. The molecule has 0 radical (unpaired) electrons. The van der Waals surface area contributed by atoms with Gasteiger partial charge in [-0.3, -0.25) is 0 Å². The number of hydrogen-bond acceptors (Lipinski definition) is 2. The quantitative estimate of drug-likeness (QED) is 0.843. The van der Waals surface area contributed by atoms with Crippen LogP contribution >= 0.6 is 15.9 Å². The maximum atomic E-state index is 4.24. The van der Waals surface area contributed by atoms with Crippen molar-refractivity contribution in [1.82, 2.24) is 4.98 Å². The smallest absolute Gasteiger partial charge is 0.129 e. The van der Waals surface area contributed by atoms with Gasteiger partial charge in [0, 0.05) is 12.2 Å². The summed E-state index contributed by atoms with van der Waals surface area (Å²) in [6.45, 7) is 2.20. The van der Waals surface area contributed by atoms with Crippen LogP contribution < -0.4 is 5.32 Å². The highest BCUT2D eigenvalue weighted by Crippen LogP contribution is 2.40. The number of anilines is 1. The lowest BCUT2D eigenvalue weighted by molar-refractivity contribution is 0.373. The van der Waals surface area contributed by atoms with Gasteiger partial charge in [-0.2, -0.15) is 0 Å². The van der Waals surface area contributed by atoms with Crippen LogP contribution in [0.5, 0.6) is 0 Å². The number of pyridine rings is 1. The Labute approximate surface area is 122 Å². The lowest BCUT2D eigenvalue weighted by Crippen LogP contribution is -2.34. The number of benzene rings is 1. The Morgan fingerprint density at radius 3 is 2.68 bits per heavy atom. The third-order valence-corrected chi connectivity index (χ3v) is 4.52. The summed E-state index contributed by atoms with van der Waals surface area (Å²) in [6, 6.07) is 13.3. The van der Waals surface area contributed by atoms with E-state index in [2.05, 4.69) is 63.5 Å². The number of nitrogens with zero attached hydrogens (tertiary/aromatic N) is 1. The van der Waals surface area contributed by atoms with E-state index in [1.807, 2.05) is 6.07 Å². The maximum Gasteiger partial charge on any atom is 0.129 e. The fraction of sp³-hybridized carbons (Fsp3) is 0.312. The van der Waals surface area contributed by atoms with Gasteiger partial charge in [0.05, 0.1) is 5.69 Å². The minimum atomic E-state index is 0.560. The highest BCUT2D eigenvalue weighted by Gasteiger charge is 2.31. The summed E-state index contributed by atoms with van der Waals surface area (Å²) in [7, 11) is 0. The van der Waals surface area contributed by atoms with Crippen LogP contribution in [0.4, 0.5) is 5.69 Å². The number of halogens is 1. The maximum absolute atomic E-state index is 4.24. The van der Waals surface area contributed by atoms with E-state index >= 15 is 0 Å². The molecule has 2 aromatic rings. The standard InChI is InChI=1S/C16H17BrN2/c1-11-5-2-3-6-14(11)12-9-13(10-12)19-15-7-4-8-18-16(15)17/h2-8,12-13,19H,9-10H2,1H3. The molecule has 0 bridgehead atoms. The average Bonchev–Trinajstić information content (AvgIpc) is 2.37. The van der Waals surface area contributed by atoms with Crippen molar-refractivity contribution in [3.05, 3.63) is 58.3 Å². The van der Waals surface area contributed by atoms with E-state index in [1.54, 1.807) is 6.20 Å². The monoisotopic (exact) mass is 316 g/mol. The highest BCUT2D eigenvalue weighted by atomic mass is 79.9. The summed E-state index contributed by atoms with van der Waals surface area (Å²) in [5.41, 5.74) is 4.01. The van der Waals surface area contributed by atoms with Crippen molar-refractivity contribution >= 4 is 21.6 Å². The zero-order chi connectivity index (χ0) is 13.2. The van der Waals surface area contributed by atoms with Crippen molar-refractivity contribution < 1.29 is 0 Å². The Bertz CT molecular complexity index is 576. The molecule has 19 heavy (non-hydrogen) atoms. The molecule has 1 N–H and O–H groups in total. The Morgan fingerprint density at radius 1 is 1.16 bits per heavy atom. The third kappa shape index (κ3) is 2.66. The van der Waals surface area contributed by atoms with Crippen LogP contribution in [-0.4, -0.2) is 11.0 Å². The van der Waals surface area contributed by atoms with Crippen LogP contribution in [0.15, 0.2) is 47.2 Å². The lowest BCUT2D eigenvalue weighted by atomic mass is 9.74. The van der Waals surface area contributed by atoms with Gasteiger partial charge in [0.2, 0.25) is 0 Å². The van der Waals surface area contributed by atoms with E-state index in [9.17, 15) is 0 Å². The van der Waals surface area contributed by atoms with E-state index in [-0.39, 0.29) is 0 Å². The van der Waals surface area contributed by atoms with Crippen molar-refractivity contribution in [3.63, 3.8) is 0 Å². The Balaban J connectivity index is 1.62. The van der Waals surface area contributed by atoms with E-state index in [4.69, 9.17) is 0 Å². The summed E-state index contributed by atoms with van der Waals surface area (Å²) in [4.78, 5) is 4.24. The second kappa shape index (κ2) is 5.33. The van der Waals surface area contributed by atoms with E-state index in [1.165, 1.54) is 24.0 Å². The molecule has 2 nitrogen and oxygen atoms in total. The van der Waals surface area contributed by atoms with E-state index in [0.29, 0.717) is 12.0 Å². The molecule has 1 fully saturated rings.